The summed E-state index contributed by atoms with van der Waals surface area (Å²) in [6, 6.07) is 15.2. The maximum absolute atomic E-state index is 13.8. The second-order valence-corrected chi connectivity index (χ2v) is 11.1. The van der Waals surface area contributed by atoms with Gasteiger partial charge in [0.2, 0.25) is 5.95 Å². The fraction of sp³-hybridized carbons (Fsp3) is 0.433. The number of hydrogen-bond donors (Lipinski definition) is 0. The average Bonchev–Trinajstić information content (AvgIpc) is 3.45. The van der Waals surface area contributed by atoms with E-state index in [4.69, 9.17) is 14.7 Å². The first-order chi connectivity index (χ1) is 19.0. The summed E-state index contributed by atoms with van der Waals surface area (Å²) >= 11 is 3.53. The summed E-state index contributed by atoms with van der Waals surface area (Å²) in [5.41, 5.74) is 3.37. The topological polar surface area (TPSA) is 61.8 Å². The van der Waals surface area contributed by atoms with Crippen molar-refractivity contribution in [1.29, 1.82) is 0 Å². The second kappa shape index (κ2) is 13.0. The summed E-state index contributed by atoms with van der Waals surface area (Å²) in [4.78, 5) is 29.9. The van der Waals surface area contributed by atoms with Crippen LogP contribution in [0.4, 0.5) is 10.3 Å². The van der Waals surface area contributed by atoms with Gasteiger partial charge in [-0.15, -0.1) is 0 Å². The summed E-state index contributed by atoms with van der Waals surface area (Å²) < 4.78 is 20.1. The predicted molar refractivity (Wildman–Crippen MR) is 154 cm³/mol. The molecule has 0 bridgehead atoms. The number of amides is 1. The summed E-state index contributed by atoms with van der Waals surface area (Å²) in [6.07, 6.45) is 4.91. The molecule has 0 spiro atoms. The molecule has 2 aromatic carbocycles. The molecule has 3 aromatic rings. The third-order valence-electron chi connectivity index (χ3n) is 7.66. The molecule has 0 saturated carbocycles. The van der Waals surface area contributed by atoms with E-state index < -0.39 is 0 Å². The zero-order chi connectivity index (χ0) is 27.2. The molecular formula is C30H35BrFN5O2. The van der Waals surface area contributed by atoms with E-state index in [2.05, 4.69) is 50.0 Å². The first-order valence-electron chi connectivity index (χ1n) is 13.6. The van der Waals surface area contributed by atoms with E-state index >= 15 is 0 Å². The van der Waals surface area contributed by atoms with Crippen molar-refractivity contribution in [3.63, 3.8) is 0 Å². The lowest BCUT2D eigenvalue weighted by atomic mass is 10.0. The fourth-order valence-corrected chi connectivity index (χ4v) is 5.74. The normalized spacial score (nSPS) is 18.1. The molecule has 206 valence electrons. The minimum Gasteiger partial charge on any atom is -0.383 e. The maximum atomic E-state index is 13.8. The van der Waals surface area contributed by atoms with Crippen LogP contribution in [0.25, 0.3) is 0 Å². The standard InChI is InChI=1S/C30H35BrFN5O2/c1-39-19-18-35-14-16-36(17-15-35)29(38)26-21-33-30(34-27(26)12-7-22-4-2-5-25(32)20-22)37-13-3-6-28(37)23-8-10-24(31)11-9-23/h2,4-5,8-11,20-21,28H,3,6-7,12-19H2,1H3. The number of rotatable bonds is 9. The van der Waals surface area contributed by atoms with Gasteiger partial charge in [0.25, 0.3) is 5.91 Å². The number of aryl methyl sites for hydroxylation is 2. The monoisotopic (exact) mass is 595 g/mol. The van der Waals surface area contributed by atoms with Gasteiger partial charge in [-0.1, -0.05) is 40.2 Å². The Hall–Kier alpha value is -2.88. The van der Waals surface area contributed by atoms with Crippen molar-refractivity contribution in [2.24, 2.45) is 0 Å². The third kappa shape index (κ3) is 6.83. The van der Waals surface area contributed by atoms with Gasteiger partial charge in [0.05, 0.1) is 23.9 Å². The number of halogens is 2. The average molecular weight is 597 g/mol. The van der Waals surface area contributed by atoms with Crippen LogP contribution in [0.1, 0.15) is 46.1 Å². The molecule has 0 N–H and O–H groups in total. The van der Waals surface area contributed by atoms with Crippen molar-refractivity contribution in [3.05, 3.63) is 87.4 Å². The van der Waals surface area contributed by atoms with Gasteiger partial charge < -0.3 is 14.5 Å². The zero-order valence-electron chi connectivity index (χ0n) is 22.4. The molecule has 2 aliphatic heterocycles. The van der Waals surface area contributed by atoms with Crippen LogP contribution in [-0.2, 0) is 17.6 Å². The summed E-state index contributed by atoms with van der Waals surface area (Å²) in [5, 5.41) is 0. The molecule has 2 fully saturated rings. The number of ether oxygens (including phenoxy) is 1. The van der Waals surface area contributed by atoms with Crippen molar-refractivity contribution in [2.45, 2.75) is 31.7 Å². The highest BCUT2D eigenvalue weighted by Crippen LogP contribution is 2.35. The Kier molecular flexibility index (Phi) is 9.21. The number of hydrogen-bond acceptors (Lipinski definition) is 6. The maximum Gasteiger partial charge on any atom is 0.257 e. The number of anilines is 1. The number of carbonyl (C=O) groups is 1. The lowest BCUT2D eigenvalue weighted by Crippen LogP contribution is -2.49. The van der Waals surface area contributed by atoms with Crippen LogP contribution in [0.15, 0.2) is 59.2 Å². The number of nitrogens with zero attached hydrogens (tertiary/aromatic N) is 5. The number of benzene rings is 2. The first-order valence-corrected chi connectivity index (χ1v) is 14.4. The number of piperazine rings is 1. The summed E-state index contributed by atoms with van der Waals surface area (Å²) in [6.45, 7) is 5.36. The number of methoxy groups -OCH3 is 1. The highest BCUT2D eigenvalue weighted by atomic mass is 79.9. The molecule has 1 amide bonds. The Bertz CT molecular complexity index is 1270. The Morgan fingerprint density at radius 3 is 2.62 bits per heavy atom. The highest BCUT2D eigenvalue weighted by molar-refractivity contribution is 9.10. The Labute approximate surface area is 238 Å². The molecule has 0 aliphatic carbocycles. The SMILES string of the molecule is COCCN1CCN(C(=O)c2cnc(N3CCCC3c3ccc(Br)cc3)nc2CCc2cccc(F)c2)CC1. The first kappa shape index (κ1) is 27.7. The van der Waals surface area contributed by atoms with Crippen LogP contribution < -0.4 is 4.90 Å². The van der Waals surface area contributed by atoms with E-state index in [0.717, 1.165) is 54.8 Å². The zero-order valence-corrected chi connectivity index (χ0v) is 23.9. The van der Waals surface area contributed by atoms with Crippen LogP contribution >= 0.6 is 15.9 Å². The molecule has 1 atom stereocenters. The van der Waals surface area contributed by atoms with Gasteiger partial charge in [-0.25, -0.2) is 14.4 Å². The molecule has 2 saturated heterocycles. The molecule has 7 nitrogen and oxygen atoms in total. The summed E-state index contributed by atoms with van der Waals surface area (Å²) in [7, 11) is 1.71. The van der Waals surface area contributed by atoms with Crippen molar-refractivity contribution in [2.75, 3.05) is 57.9 Å². The van der Waals surface area contributed by atoms with E-state index in [9.17, 15) is 9.18 Å². The molecule has 1 unspecified atom stereocenters. The molecule has 39 heavy (non-hydrogen) atoms. The van der Waals surface area contributed by atoms with Crippen LogP contribution in [0.2, 0.25) is 0 Å². The number of aromatic nitrogens is 2. The number of carbonyl (C=O) groups excluding carboxylic acids is 1. The largest absolute Gasteiger partial charge is 0.383 e. The van der Waals surface area contributed by atoms with Crippen LogP contribution in [-0.4, -0.2) is 78.7 Å². The van der Waals surface area contributed by atoms with Gasteiger partial charge in [-0.05, 0) is 61.1 Å². The van der Waals surface area contributed by atoms with Crippen LogP contribution in [0.3, 0.4) is 0 Å². The van der Waals surface area contributed by atoms with Gasteiger partial charge in [-0.2, -0.15) is 0 Å². The molecule has 2 aliphatic rings. The van der Waals surface area contributed by atoms with Crippen molar-refractivity contribution in [1.82, 2.24) is 19.8 Å². The van der Waals surface area contributed by atoms with Crippen LogP contribution in [0, 0.1) is 5.82 Å². The molecule has 0 radical (unpaired) electrons. The molecule has 1 aromatic heterocycles. The smallest absolute Gasteiger partial charge is 0.257 e. The van der Waals surface area contributed by atoms with E-state index in [-0.39, 0.29) is 17.8 Å². The third-order valence-corrected chi connectivity index (χ3v) is 8.19. The Morgan fingerprint density at radius 1 is 1.08 bits per heavy atom. The van der Waals surface area contributed by atoms with Crippen molar-refractivity contribution in [3.8, 4) is 0 Å². The fourth-order valence-electron chi connectivity index (χ4n) is 5.47. The molecule has 9 heteroatoms. The lowest BCUT2D eigenvalue weighted by molar-refractivity contribution is 0.0592. The highest BCUT2D eigenvalue weighted by Gasteiger charge is 2.30. The van der Waals surface area contributed by atoms with Gasteiger partial charge in [0.15, 0.2) is 0 Å². The second-order valence-electron chi connectivity index (χ2n) is 10.2. The van der Waals surface area contributed by atoms with Crippen molar-refractivity contribution >= 4 is 27.8 Å². The van der Waals surface area contributed by atoms with E-state index in [0.29, 0.717) is 44.0 Å². The minimum absolute atomic E-state index is 0.0342. The Balaban J connectivity index is 1.39. The van der Waals surface area contributed by atoms with E-state index in [1.165, 1.54) is 11.6 Å². The van der Waals surface area contributed by atoms with Gasteiger partial charge in [0.1, 0.15) is 5.82 Å². The minimum atomic E-state index is -0.257. The Morgan fingerprint density at radius 2 is 1.87 bits per heavy atom. The predicted octanol–water partition coefficient (Wildman–Crippen LogP) is 4.91. The lowest BCUT2D eigenvalue weighted by Gasteiger charge is -2.35. The van der Waals surface area contributed by atoms with Crippen LogP contribution in [0.5, 0.6) is 0 Å². The molecular weight excluding hydrogens is 561 g/mol. The van der Waals surface area contributed by atoms with Gasteiger partial charge in [-0.3, -0.25) is 9.69 Å². The van der Waals surface area contributed by atoms with E-state index in [1.54, 1.807) is 25.4 Å². The van der Waals surface area contributed by atoms with E-state index in [1.807, 2.05) is 11.0 Å². The van der Waals surface area contributed by atoms with Gasteiger partial charge >= 0.3 is 0 Å². The quantitative estimate of drug-likeness (QED) is 0.350. The summed E-state index contributed by atoms with van der Waals surface area (Å²) in [5.74, 6) is 0.358. The van der Waals surface area contributed by atoms with Crippen molar-refractivity contribution < 1.29 is 13.9 Å². The van der Waals surface area contributed by atoms with Gasteiger partial charge in [0, 0.05) is 57.0 Å². The molecule has 5 rings (SSSR count). The molecule has 3 heterocycles.